The highest BCUT2D eigenvalue weighted by molar-refractivity contribution is 5.73. The van der Waals surface area contributed by atoms with Crippen LogP contribution in [0.25, 0.3) is 11.0 Å². The van der Waals surface area contributed by atoms with Gasteiger partial charge in [-0.3, -0.25) is 0 Å². The third-order valence-electron chi connectivity index (χ3n) is 2.41. The first kappa shape index (κ1) is 10.1. The zero-order valence-electron chi connectivity index (χ0n) is 8.80. The van der Waals surface area contributed by atoms with Gasteiger partial charge in [0.05, 0.1) is 11.6 Å². The molecule has 15 heavy (non-hydrogen) atoms. The van der Waals surface area contributed by atoms with E-state index in [1.165, 1.54) is 0 Å². The summed E-state index contributed by atoms with van der Waals surface area (Å²) >= 11 is 0. The Morgan fingerprint density at radius 2 is 2.20 bits per heavy atom. The highest BCUT2D eigenvalue weighted by atomic mass is 16.3. The molecule has 0 saturated heterocycles. The Morgan fingerprint density at radius 1 is 1.40 bits per heavy atom. The van der Waals surface area contributed by atoms with Gasteiger partial charge in [0.2, 0.25) is 0 Å². The van der Waals surface area contributed by atoms with E-state index in [1.807, 2.05) is 28.9 Å². The van der Waals surface area contributed by atoms with E-state index in [2.05, 4.69) is 10.3 Å². The summed E-state index contributed by atoms with van der Waals surface area (Å²) in [7, 11) is 0. The average Bonchev–Trinajstić information content (AvgIpc) is 2.62. The molecule has 0 amide bonds. The molecule has 80 valence electrons. The van der Waals surface area contributed by atoms with E-state index >= 15 is 0 Å². The fraction of sp³-hybridized carbons (Fsp3) is 0.455. The Balaban J connectivity index is 2.08. The molecule has 4 nitrogen and oxygen atoms in total. The molecule has 1 heterocycles. The lowest BCUT2D eigenvalue weighted by molar-refractivity contribution is 0.179. The Bertz CT molecular complexity index is 436. The summed E-state index contributed by atoms with van der Waals surface area (Å²) in [6, 6.07) is 7.90. The molecule has 1 aromatic heterocycles. The van der Waals surface area contributed by atoms with Crippen LogP contribution in [0.1, 0.15) is 19.8 Å². The van der Waals surface area contributed by atoms with Gasteiger partial charge < -0.3 is 5.11 Å². The van der Waals surface area contributed by atoms with Crippen molar-refractivity contribution in [3.8, 4) is 0 Å². The van der Waals surface area contributed by atoms with Gasteiger partial charge in [0.1, 0.15) is 5.52 Å². The third-order valence-corrected chi connectivity index (χ3v) is 2.41. The minimum atomic E-state index is -0.236. The van der Waals surface area contributed by atoms with Gasteiger partial charge in [0.25, 0.3) is 0 Å². The van der Waals surface area contributed by atoms with Crippen molar-refractivity contribution in [2.75, 3.05) is 0 Å². The monoisotopic (exact) mass is 205 g/mol. The first-order valence-electron chi connectivity index (χ1n) is 5.23. The molecule has 4 heteroatoms. The van der Waals surface area contributed by atoms with Gasteiger partial charge in [0, 0.05) is 6.54 Å². The summed E-state index contributed by atoms with van der Waals surface area (Å²) in [4.78, 5) is 0. The quantitative estimate of drug-likeness (QED) is 0.824. The number of para-hydroxylation sites is 1. The molecule has 2 rings (SSSR count). The van der Waals surface area contributed by atoms with Crippen molar-refractivity contribution < 1.29 is 5.11 Å². The molecular weight excluding hydrogens is 190 g/mol. The van der Waals surface area contributed by atoms with Crippen LogP contribution in [0, 0.1) is 0 Å². The largest absolute Gasteiger partial charge is 0.393 e. The maximum Gasteiger partial charge on any atom is 0.113 e. The van der Waals surface area contributed by atoms with Gasteiger partial charge >= 0.3 is 0 Å². The van der Waals surface area contributed by atoms with E-state index in [4.69, 9.17) is 5.11 Å². The molecule has 1 atom stereocenters. The number of aromatic nitrogens is 3. The number of benzene rings is 1. The van der Waals surface area contributed by atoms with Gasteiger partial charge in [0.15, 0.2) is 0 Å². The van der Waals surface area contributed by atoms with Gasteiger partial charge in [-0.1, -0.05) is 17.3 Å². The van der Waals surface area contributed by atoms with Crippen LogP contribution in [-0.4, -0.2) is 26.2 Å². The van der Waals surface area contributed by atoms with Crippen LogP contribution in [0.15, 0.2) is 24.3 Å². The lowest BCUT2D eigenvalue weighted by Gasteiger charge is -2.04. The lowest BCUT2D eigenvalue weighted by atomic mass is 10.2. The SMILES string of the molecule is CC(O)CCCn1nnc2ccccc21. The molecule has 0 bridgehead atoms. The van der Waals surface area contributed by atoms with Crippen molar-refractivity contribution in [3.05, 3.63) is 24.3 Å². The maximum atomic E-state index is 9.15. The average molecular weight is 205 g/mol. The molecule has 0 aliphatic heterocycles. The van der Waals surface area contributed by atoms with Crippen molar-refractivity contribution >= 4 is 11.0 Å². The van der Waals surface area contributed by atoms with Crippen molar-refractivity contribution in [2.45, 2.75) is 32.4 Å². The van der Waals surface area contributed by atoms with Crippen molar-refractivity contribution in [2.24, 2.45) is 0 Å². The van der Waals surface area contributed by atoms with Crippen LogP contribution >= 0.6 is 0 Å². The molecular formula is C11H15N3O. The molecule has 1 aromatic carbocycles. The summed E-state index contributed by atoms with van der Waals surface area (Å²) in [5.41, 5.74) is 1.98. The van der Waals surface area contributed by atoms with Crippen molar-refractivity contribution in [3.63, 3.8) is 0 Å². The molecule has 0 saturated carbocycles. The number of hydrogen-bond acceptors (Lipinski definition) is 3. The predicted molar refractivity (Wildman–Crippen MR) is 58.4 cm³/mol. The molecule has 0 aliphatic carbocycles. The minimum absolute atomic E-state index is 0.236. The summed E-state index contributed by atoms with van der Waals surface area (Å²) in [5.74, 6) is 0. The minimum Gasteiger partial charge on any atom is -0.393 e. The van der Waals surface area contributed by atoms with E-state index in [9.17, 15) is 0 Å². The first-order valence-corrected chi connectivity index (χ1v) is 5.23. The van der Waals surface area contributed by atoms with Crippen LogP contribution in [0.5, 0.6) is 0 Å². The highest BCUT2D eigenvalue weighted by Crippen LogP contribution is 2.10. The van der Waals surface area contributed by atoms with Crippen LogP contribution in [0.4, 0.5) is 0 Å². The molecule has 0 spiro atoms. The van der Waals surface area contributed by atoms with Crippen LogP contribution < -0.4 is 0 Å². The summed E-state index contributed by atoms with van der Waals surface area (Å²) in [6.07, 6.45) is 1.49. The summed E-state index contributed by atoms with van der Waals surface area (Å²) < 4.78 is 1.89. The number of aliphatic hydroxyl groups excluding tert-OH is 1. The second-order valence-electron chi connectivity index (χ2n) is 3.79. The second kappa shape index (κ2) is 4.40. The zero-order chi connectivity index (χ0) is 10.7. The Labute approximate surface area is 88.5 Å². The fourth-order valence-corrected chi connectivity index (χ4v) is 1.62. The van der Waals surface area contributed by atoms with Crippen LogP contribution in [-0.2, 0) is 6.54 Å². The Morgan fingerprint density at radius 3 is 3.00 bits per heavy atom. The second-order valence-corrected chi connectivity index (χ2v) is 3.79. The summed E-state index contributed by atoms with van der Waals surface area (Å²) in [5, 5.41) is 17.3. The van der Waals surface area contributed by atoms with E-state index in [1.54, 1.807) is 6.92 Å². The smallest absolute Gasteiger partial charge is 0.113 e. The van der Waals surface area contributed by atoms with E-state index in [0.29, 0.717) is 0 Å². The molecule has 0 radical (unpaired) electrons. The normalized spacial score (nSPS) is 13.2. The van der Waals surface area contributed by atoms with Crippen molar-refractivity contribution in [1.29, 1.82) is 0 Å². The van der Waals surface area contributed by atoms with Crippen LogP contribution in [0.3, 0.4) is 0 Å². The first-order chi connectivity index (χ1) is 7.27. The van der Waals surface area contributed by atoms with Gasteiger partial charge in [-0.15, -0.1) is 5.10 Å². The van der Waals surface area contributed by atoms with E-state index in [0.717, 1.165) is 30.4 Å². The number of hydrogen-bond donors (Lipinski definition) is 1. The van der Waals surface area contributed by atoms with Gasteiger partial charge in [-0.05, 0) is 31.9 Å². The van der Waals surface area contributed by atoms with Gasteiger partial charge in [-0.2, -0.15) is 0 Å². The number of fused-ring (bicyclic) bond motifs is 1. The fourth-order valence-electron chi connectivity index (χ4n) is 1.62. The topological polar surface area (TPSA) is 50.9 Å². The zero-order valence-corrected chi connectivity index (χ0v) is 8.80. The molecule has 1 N–H and O–H groups in total. The Kier molecular flexibility index (Phi) is 2.97. The third kappa shape index (κ3) is 2.33. The number of aliphatic hydroxyl groups is 1. The lowest BCUT2D eigenvalue weighted by Crippen LogP contribution is -2.05. The number of aryl methyl sites for hydroxylation is 1. The van der Waals surface area contributed by atoms with Crippen LogP contribution in [0.2, 0.25) is 0 Å². The van der Waals surface area contributed by atoms with E-state index in [-0.39, 0.29) is 6.10 Å². The highest BCUT2D eigenvalue weighted by Gasteiger charge is 2.03. The van der Waals surface area contributed by atoms with Crippen molar-refractivity contribution in [1.82, 2.24) is 15.0 Å². The van der Waals surface area contributed by atoms with Gasteiger partial charge in [-0.25, -0.2) is 4.68 Å². The standard InChI is InChI=1S/C11H15N3O/c1-9(15)5-4-8-14-11-7-3-2-6-10(11)12-13-14/h2-3,6-7,9,15H,4-5,8H2,1H3. The number of nitrogens with zero attached hydrogens (tertiary/aromatic N) is 3. The Hall–Kier alpha value is -1.42. The summed E-state index contributed by atoms with van der Waals surface area (Å²) in [6.45, 7) is 2.62. The molecule has 0 fully saturated rings. The molecule has 1 unspecified atom stereocenters. The number of rotatable bonds is 4. The maximum absolute atomic E-state index is 9.15. The van der Waals surface area contributed by atoms with E-state index < -0.39 is 0 Å². The molecule has 0 aliphatic rings. The molecule has 2 aromatic rings. The predicted octanol–water partition coefficient (Wildman–Crippen LogP) is 1.59.